The van der Waals surface area contributed by atoms with E-state index in [0.717, 1.165) is 27.8 Å². The van der Waals surface area contributed by atoms with E-state index >= 15 is 0 Å². The molecule has 1 amide bonds. The molecule has 9 nitrogen and oxygen atoms in total. The number of halogens is 1. The average Bonchev–Trinajstić information content (AvgIpc) is 3.08. The molecule has 1 N–H and O–H groups in total. The number of aromatic nitrogens is 4. The number of aryl methyl sites for hydroxylation is 1. The Morgan fingerprint density at radius 2 is 1.92 bits per heavy atom. The van der Waals surface area contributed by atoms with Gasteiger partial charge in [-0.25, -0.2) is 14.4 Å². The Kier molecular flexibility index (Phi) is 6.17. The fourth-order valence-corrected chi connectivity index (χ4v) is 4.55. The topological polar surface area (TPSA) is 94.3 Å². The Hall–Kier alpha value is -4.21. The van der Waals surface area contributed by atoms with Crippen LogP contribution in [0.5, 0.6) is 5.75 Å². The molecule has 10 heteroatoms. The van der Waals surface area contributed by atoms with Gasteiger partial charge in [0.2, 0.25) is 18.2 Å². The van der Waals surface area contributed by atoms with Crippen molar-refractivity contribution in [3.8, 4) is 16.9 Å². The van der Waals surface area contributed by atoms with Crippen LogP contribution in [0, 0.1) is 6.92 Å². The number of hydrogen-bond acceptors (Lipinski definition) is 6. The van der Waals surface area contributed by atoms with Crippen LogP contribution in [0.2, 0.25) is 0 Å². The molecule has 36 heavy (non-hydrogen) atoms. The third-order valence-electron chi connectivity index (χ3n) is 6.36. The molecule has 0 radical (unpaired) electrons. The van der Waals surface area contributed by atoms with E-state index in [-0.39, 0.29) is 18.0 Å². The lowest BCUT2D eigenvalue weighted by Crippen LogP contribution is -2.48. The van der Waals surface area contributed by atoms with Gasteiger partial charge >= 0.3 is 0 Å². The number of carbonyl (C=O) groups excluding carboxylic acids is 1. The van der Waals surface area contributed by atoms with Crippen LogP contribution in [0.4, 0.5) is 10.3 Å². The van der Waals surface area contributed by atoms with E-state index in [4.69, 9.17) is 4.74 Å². The third-order valence-corrected chi connectivity index (χ3v) is 6.36. The van der Waals surface area contributed by atoms with E-state index in [2.05, 4.69) is 15.3 Å². The number of alkyl halides is 1. The van der Waals surface area contributed by atoms with Gasteiger partial charge in [-0.1, -0.05) is 18.2 Å². The first-order valence-electron chi connectivity index (χ1n) is 11.7. The number of rotatable bonds is 6. The average molecular weight is 491 g/mol. The molecular formula is C26H27FN6O3. The van der Waals surface area contributed by atoms with Crippen LogP contribution < -0.4 is 20.5 Å². The smallest absolute Gasteiger partial charge is 0.274 e. The number of hydrogen-bond donors (Lipinski definition) is 1. The molecule has 1 fully saturated rings. The summed E-state index contributed by atoms with van der Waals surface area (Å²) in [5, 5.41) is 3.38. The predicted molar refractivity (Wildman–Crippen MR) is 135 cm³/mol. The summed E-state index contributed by atoms with van der Waals surface area (Å²) >= 11 is 0. The van der Waals surface area contributed by atoms with Crippen molar-refractivity contribution >= 4 is 22.8 Å². The number of para-hydroxylation sites is 1. The Labute approximate surface area is 207 Å². The SMILES string of the molecule is Cc1cc2c(=O)n(C)n(Cc3ccccc3OC(C)F)c2cc1-c1cnc(N2CCNC(=O)C2)nc1. The zero-order chi connectivity index (χ0) is 25.4. The fourth-order valence-electron chi connectivity index (χ4n) is 4.55. The van der Waals surface area contributed by atoms with Gasteiger partial charge in [-0.2, -0.15) is 0 Å². The number of carbonyl (C=O) groups is 1. The Morgan fingerprint density at radius 1 is 1.17 bits per heavy atom. The monoisotopic (exact) mass is 490 g/mol. The highest BCUT2D eigenvalue weighted by Gasteiger charge is 2.20. The van der Waals surface area contributed by atoms with Crippen molar-refractivity contribution in [1.82, 2.24) is 24.6 Å². The lowest BCUT2D eigenvalue weighted by atomic mass is 10.0. The molecule has 1 unspecified atom stereocenters. The minimum Gasteiger partial charge on any atom is -0.460 e. The van der Waals surface area contributed by atoms with E-state index in [1.54, 1.807) is 36.3 Å². The van der Waals surface area contributed by atoms with E-state index in [1.807, 2.05) is 40.8 Å². The summed E-state index contributed by atoms with van der Waals surface area (Å²) in [6.45, 7) is 5.04. The van der Waals surface area contributed by atoms with Crippen LogP contribution in [0.25, 0.3) is 22.0 Å². The van der Waals surface area contributed by atoms with Crippen LogP contribution in [0.1, 0.15) is 18.1 Å². The normalized spacial score (nSPS) is 14.7. The molecule has 0 aliphatic carbocycles. The van der Waals surface area contributed by atoms with Crippen molar-refractivity contribution in [3.63, 3.8) is 0 Å². The second-order valence-electron chi connectivity index (χ2n) is 8.88. The highest BCUT2D eigenvalue weighted by molar-refractivity contribution is 5.86. The van der Waals surface area contributed by atoms with Crippen molar-refractivity contribution in [2.45, 2.75) is 26.7 Å². The van der Waals surface area contributed by atoms with Crippen molar-refractivity contribution in [1.29, 1.82) is 0 Å². The maximum Gasteiger partial charge on any atom is 0.274 e. The second-order valence-corrected chi connectivity index (χ2v) is 8.88. The number of nitrogens with zero attached hydrogens (tertiary/aromatic N) is 5. The first-order valence-corrected chi connectivity index (χ1v) is 11.7. The number of amides is 1. The second kappa shape index (κ2) is 9.44. The largest absolute Gasteiger partial charge is 0.460 e. The molecule has 3 heterocycles. The molecule has 1 atom stereocenters. The zero-order valence-electron chi connectivity index (χ0n) is 20.4. The van der Waals surface area contributed by atoms with Gasteiger partial charge < -0.3 is 15.0 Å². The van der Waals surface area contributed by atoms with E-state index in [1.165, 1.54) is 6.92 Å². The minimum atomic E-state index is -1.45. The molecule has 186 valence electrons. The molecule has 1 saturated heterocycles. The summed E-state index contributed by atoms with van der Waals surface area (Å²) in [6.07, 6.45) is 2.02. The first-order chi connectivity index (χ1) is 17.3. The number of benzene rings is 2. The summed E-state index contributed by atoms with van der Waals surface area (Å²) in [6, 6.07) is 11.1. The fraction of sp³-hybridized carbons (Fsp3) is 0.308. The van der Waals surface area contributed by atoms with Crippen LogP contribution in [-0.2, 0) is 18.4 Å². The van der Waals surface area contributed by atoms with Gasteiger partial charge in [-0.05, 0) is 36.2 Å². The molecule has 2 aromatic heterocycles. The summed E-state index contributed by atoms with van der Waals surface area (Å²) < 4.78 is 22.3. The molecule has 0 saturated carbocycles. The maximum atomic E-state index is 13.6. The minimum absolute atomic E-state index is 0.0507. The first kappa shape index (κ1) is 23.5. The van der Waals surface area contributed by atoms with Crippen LogP contribution in [-0.4, -0.2) is 51.2 Å². The molecule has 0 spiro atoms. The molecular weight excluding hydrogens is 463 g/mol. The summed E-state index contributed by atoms with van der Waals surface area (Å²) in [5.41, 5.74) is 4.00. The van der Waals surface area contributed by atoms with Crippen molar-refractivity contribution in [2.24, 2.45) is 7.05 Å². The lowest BCUT2D eigenvalue weighted by Gasteiger charge is -2.26. The van der Waals surface area contributed by atoms with Crippen molar-refractivity contribution < 1.29 is 13.9 Å². The van der Waals surface area contributed by atoms with Gasteiger partial charge in [0, 0.05) is 50.6 Å². The highest BCUT2D eigenvalue weighted by Crippen LogP contribution is 2.29. The van der Waals surface area contributed by atoms with E-state index in [0.29, 0.717) is 36.7 Å². The molecule has 0 bridgehead atoms. The van der Waals surface area contributed by atoms with E-state index in [9.17, 15) is 14.0 Å². The van der Waals surface area contributed by atoms with Crippen LogP contribution >= 0.6 is 0 Å². The van der Waals surface area contributed by atoms with Gasteiger partial charge in [-0.15, -0.1) is 0 Å². The summed E-state index contributed by atoms with van der Waals surface area (Å²) in [7, 11) is 1.71. The molecule has 1 aliphatic rings. The third kappa shape index (κ3) is 4.41. The van der Waals surface area contributed by atoms with Gasteiger partial charge in [0.25, 0.3) is 5.56 Å². The van der Waals surface area contributed by atoms with E-state index < -0.39 is 6.36 Å². The number of fused-ring (bicyclic) bond motifs is 1. The quantitative estimate of drug-likeness (QED) is 0.447. The van der Waals surface area contributed by atoms with Crippen molar-refractivity contribution in [2.75, 3.05) is 24.5 Å². The van der Waals surface area contributed by atoms with Crippen LogP contribution in [0.3, 0.4) is 0 Å². The Bertz CT molecular complexity index is 1490. The zero-order valence-corrected chi connectivity index (χ0v) is 20.4. The number of ether oxygens (including phenoxy) is 1. The lowest BCUT2D eigenvalue weighted by molar-refractivity contribution is -0.120. The highest BCUT2D eigenvalue weighted by atomic mass is 19.1. The number of nitrogens with one attached hydrogen (secondary N) is 1. The van der Waals surface area contributed by atoms with Gasteiger partial charge in [0.1, 0.15) is 5.75 Å². The van der Waals surface area contributed by atoms with Gasteiger partial charge in [-0.3, -0.25) is 19.0 Å². The maximum absolute atomic E-state index is 13.6. The molecule has 5 rings (SSSR count). The van der Waals surface area contributed by atoms with Gasteiger partial charge in [0.05, 0.1) is 24.0 Å². The Balaban J connectivity index is 1.53. The molecule has 2 aromatic carbocycles. The summed E-state index contributed by atoms with van der Waals surface area (Å²) in [4.78, 5) is 35.6. The Morgan fingerprint density at radius 3 is 2.64 bits per heavy atom. The molecule has 4 aromatic rings. The summed E-state index contributed by atoms with van der Waals surface area (Å²) in [5.74, 6) is 0.886. The molecule has 1 aliphatic heterocycles. The van der Waals surface area contributed by atoms with Gasteiger partial charge in [0.15, 0.2) is 0 Å². The predicted octanol–water partition coefficient (Wildman–Crippen LogP) is 2.78. The number of piperazine rings is 1. The number of anilines is 1. The standard InChI is InChI=1S/C26H27FN6O3/c1-16-10-21-22(11-20(16)19-12-29-26(30-13-19)32-9-8-28-24(34)15-32)33(31(3)25(21)35)14-18-6-4-5-7-23(18)36-17(2)27/h4-7,10-13,17H,8-9,14-15H2,1-3H3,(H,28,34). The van der Waals surface area contributed by atoms with Crippen molar-refractivity contribution in [3.05, 3.63) is 70.3 Å². The van der Waals surface area contributed by atoms with Crippen LogP contribution in [0.15, 0.2) is 53.6 Å².